The number of aromatic hydroxyl groups is 1. The zero-order chi connectivity index (χ0) is 22.9. The van der Waals surface area contributed by atoms with E-state index < -0.39 is 8.07 Å². The fourth-order valence-corrected chi connectivity index (χ4v) is 18.0. The molecular weight excluding hydrogens is 695 g/mol. The van der Waals surface area contributed by atoms with Crippen LogP contribution in [-0.4, -0.2) is 39.2 Å². The molecule has 0 radical (unpaired) electrons. The van der Waals surface area contributed by atoms with Gasteiger partial charge in [-0.25, -0.2) is 0 Å². The summed E-state index contributed by atoms with van der Waals surface area (Å²) < 4.78 is 3.81. The van der Waals surface area contributed by atoms with Crippen LogP contribution in [0.4, 0.5) is 5.69 Å². The Bertz CT molecular complexity index is 1180. The molecule has 0 amide bonds. The van der Waals surface area contributed by atoms with E-state index in [1.165, 1.54) is 15.6 Å². The summed E-state index contributed by atoms with van der Waals surface area (Å²) in [6.07, 6.45) is 5.34. The van der Waals surface area contributed by atoms with Crippen LogP contribution in [0.5, 0.6) is 5.75 Å². The molecule has 1 N–H and O–H groups in total. The van der Waals surface area contributed by atoms with Gasteiger partial charge in [-0.2, -0.15) is 0 Å². The second-order valence-corrected chi connectivity index (χ2v) is 21.8. The summed E-state index contributed by atoms with van der Waals surface area (Å²) in [7, 11) is -2.65. The number of phenols is 1. The SMILES string of the molecule is CC(C)(C)[Si]1(C(C)(C)C)C2=CC(=O)C=CC2=Nc2ccc(O)c(-c3cc(I)c(I)[se]3)c21. The summed E-state index contributed by atoms with van der Waals surface area (Å²) in [5.74, 6) is 0.351. The quantitative estimate of drug-likeness (QED) is 0.215. The van der Waals surface area contributed by atoms with Crippen molar-refractivity contribution in [1.82, 2.24) is 0 Å². The molecule has 2 heterocycles. The first kappa shape index (κ1) is 23.7. The molecule has 0 saturated heterocycles. The predicted octanol–water partition coefficient (Wildman–Crippen LogP) is 6.27. The van der Waals surface area contributed by atoms with Crippen molar-refractivity contribution in [3.05, 3.63) is 47.6 Å². The number of hydrogen-bond acceptors (Lipinski definition) is 3. The van der Waals surface area contributed by atoms with Crippen LogP contribution < -0.4 is 5.19 Å². The molecule has 1 aliphatic carbocycles. The fourth-order valence-electron chi connectivity index (χ4n) is 5.63. The van der Waals surface area contributed by atoms with Crippen molar-refractivity contribution in [2.45, 2.75) is 51.6 Å². The van der Waals surface area contributed by atoms with Gasteiger partial charge in [0.25, 0.3) is 0 Å². The summed E-state index contributed by atoms with van der Waals surface area (Å²) in [6, 6.07) is 5.99. The second kappa shape index (κ2) is 7.79. The van der Waals surface area contributed by atoms with Crippen LogP contribution in [0.3, 0.4) is 0 Å². The zero-order valence-corrected chi connectivity index (χ0v) is 25.5. The van der Waals surface area contributed by atoms with Crippen LogP contribution >= 0.6 is 45.2 Å². The van der Waals surface area contributed by atoms with Gasteiger partial charge in [0, 0.05) is 0 Å². The number of phenolic OH excluding ortho intramolecular Hbond substituents is 1. The van der Waals surface area contributed by atoms with Crippen LogP contribution in [0.15, 0.2) is 46.6 Å². The Kier molecular flexibility index (Phi) is 5.95. The molecule has 1 aromatic carbocycles. The first-order valence-electron chi connectivity index (χ1n) is 10.1. The normalized spacial score (nSPS) is 17.7. The molecule has 2 aromatic rings. The van der Waals surface area contributed by atoms with Gasteiger partial charge < -0.3 is 0 Å². The van der Waals surface area contributed by atoms with Crippen molar-refractivity contribution >= 4 is 90.1 Å². The molecule has 4 rings (SSSR count). The standard InChI is InChI=1S/C24H25I2NO2SeSi/c1-23(2,3)31(24(4,5)6)19-11-13(28)7-8-15(19)27-16-9-10-17(29)20(21(16)31)18-12-14(25)22(26)30-18/h7-12,29H,1-6H3. The first-order chi connectivity index (χ1) is 14.3. The molecule has 2 aliphatic rings. The molecule has 7 heteroatoms. The molecule has 162 valence electrons. The number of benzene rings is 1. The van der Waals surface area contributed by atoms with Gasteiger partial charge in [-0.1, -0.05) is 0 Å². The average molecular weight is 720 g/mol. The molecule has 0 spiro atoms. The van der Waals surface area contributed by atoms with Gasteiger partial charge in [-0.15, -0.1) is 0 Å². The topological polar surface area (TPSA) is 49.7 Å². The molecule has 0 unspecified atom stereocenters. The Morgan fingerprint density at radius 2 is 1.68 bits per heavy atom. The second-order valence-electron chi connectivity index (χ2n) is 10.1. The number of aliphatic imine (C=N–C) groups is 1. The Labute approximate surface area is 218 Å². The van der Waals surface area contributed by atoms with E-state index in [-0.39, 0.29) is 30.4 Å². The van der Waals surface area contributed by atoms with Crippen LogP contribution in [-0.2, 0) is 4.79 Å². The summed E-state index contributed by atoms with van der Waals surface area (Å²) in [5.41, 5.74) is 2.82. The summed E-state index contributed by atoms with van der Waals surface area (Å²) in [5, 5.41) is 13.3. The summed E-state index contributed by atoms with van der Waals surface area (Å²) >= 11 is 4.97. The van der Waals surface area contributed by atoms with Gasteiger partial charge in [0.05, 0.1) is 0 Å². The third-order valence-corrected chi connectivity index (χ3v) is 19.7. The Morgan fingerprint density at radius 1 is 1.03 bits per heavy atom. The first-order valence-corrected chi connectivity index (χ1v) is 16.0. The average Bonchev–Trinajstić information content (AvgIpc) is 2.96. The van der Waals surface area contributed by atoms with E-state index in [1.807, 2.05) is 18.2 Å². The predicted molar refractivity (Wildman–Crippen MR) is 150 cm³/mol. The molecule has 1 aliphatic heterocycles. The number of carbonyl (C=O) groups is 1. The van der Waals surface area contributed by atoms with E-state index in [4.69, 9.17) is 4.99 Å². The number of allylic oxidation sites excluding steroid dienone is 4. The van der Waals surface area contributed by atoms with E-state index in [0.29, 0.717) is 5.75 Å². The van der Waals surface area contributed by atoms with Gasteiger partial charge in [-0.3, -0.25) is 0 Å². The zero-order valence-electron chi connectivity index (χ0n) is 18.4. The van der Waals surface area contributed by atoms with Crippen molar-refractivity contribution in [1.29, 1.82) is 0 Å². The molecule has 31 heavy (non-hydrogen) atoms. The van der Waals surface area contributed by atoms with E-state index in [2.05, 4.69) is 92.8 Å². The Balaban J connectivity index is 2.25. The van der Waals surface area contributed by atoms with Gasteiger partial charge >= 0.3 is 220 Å². The molecule has 3 nitrogen and oxygen atoms in total. The molecule has 0 saturated carbocycles. The Morgan fingerprint density at radius 3 is 2.23 bits per heavy atom. The van der Waals surface area contributed by atoms with Crippen molar-refractivity contribution < 1.29 is 9.90 Å². The van der Waals surface area contributed by atoms with Gasteiger partial charge in [0.15, 0.2) is 0 Å². The number of hydrogen-bond donors (Lipinski definition) is 1. The summed E-state index contributed by atoms with van der Waals surface area (Å²) in [6.45, 7) is 13.8. The fraction of sp³-hybridized carbons (Fsp3) is 0.333. The van der Waals surface area contributed by atoms with Crippen molar-refractivity contribution in [2.24, 2.45) is 4.99 Å². The number of carbonyl (C=O) groups excluding carboxylic acids is 1. The van der Waals surface area contributed by atoms with Crippen molar-refractivity contribution in [2.75, 3.05) is 0 Å². The molecule has 0 bridgehead atoms. The van der Waals surface area contributed by atoms with Crippen LogP contribution in [0, 0.1) is 6.01 Å². The van der Waals surface area contributed by atoms with E-state index >= 15 is 0 Å². The van der Waals surface area contributed by atoms with Gasteiger partial charge in [-0.05, 0) is 0 Å². The molecular formula is C24H25I2NO2SeSi. The number of rotatable bonds is 1. The van der Waals surface area contributed by atoms with Crippen LogP contribution in [0.25, 0.3) is 10.0 Å². The number of fused-ring (bicyclic) bond motifs is 2. The van der Waals surface area contributed by atoms with Gasteiger partial charge in [0.2, 0.25) is 0 Å². The molecule has 0 fully saturated rings. The number of nitrogens with zero attached hydrogens (tertiary/aromatic N) is 1. The minimum atomic E-state index is -2.65. The van der Waals surface area contributed by atoms with E-state index in [1.54, 1.807) is 12.1 Å². The third-order valence-electron chi connectivity index (χ3n) is 6.29. The number of ketones is 1. The van der Waals surface area contributed by atoms with E-state index in [9.17, 15) is 9.90 Å². The Hall–Kier alpha value is -0.484. The third kappa shape index (κ3) is 3.53. The van der Waals surface area contributed by atoms with E-state index in [0.717, 1.165) is 22.2 Å². The number of halogens is 2. The maximum atomic E-state index is 12.6. The maximum absolute atomic E-state index is 12.6. The molecule has 1 aromatic heterocycles. The summed E-state index contributed by atoms with van der Waals surface area (Å²) in [4.78, 5) is 17.6. The van der Waals surface area contributed by atoms with Crippen molar-refractivity contribution in [3.8, 4) is 15.8 Å². The van der Waals surface area contributed by atoms with Crippen LogP contribution in [0.1, 0.15) is 41.5 Å². The monoisotopic (exact) mass is 721 g/mol. The molecule has 0 atom stereocenters. The minimum absolute atomic E-state index is 0.0274. The van der Waals surface area contributed by atoms with Gasteiger partial charge in [0.1, 0.15) is 0 Å². The van der Waals surface area contributed by atoms with Crippen LogP contribution in [0.2, 0.25) is 10.1 Å². The van der Waals surface area contributed by atoms with Crippen molar-refractivity contribution in [3.63, 3.8) is 0 Å².